The summed E-state index contributed by atoms with van der Waals surface area (Å²) in [5.41, 5.74) is 0. The predicted molar refractivity (Wildman–Crippen MR) is 35.4 cm³/mol. The smallest absolute Gasteiger partial charge is 0.242 e. The zero-order chi connectivity index (χ0) is 8.01. The van der Waals surface area contributed by atoms with Crippen LogP contribution in [0.5, 0.6) is 0 Å². The van der Waals surface area contributed by atoms with Crippen molar-refractivity contribution in [3.05, 3.63) is 0 Å². The summed E-state index contributed by atoms with van der Waals surface area (Å²) in [6.45, 7) is 0.648. The van der Waals surface area contributed by atoms with Crippen molar-refractivity contribution in [2.24, 2.45) is 17.8 Å². The van der Waals surface area contributed by atoms with Crippen molar-refractivity contribution in [1.82, 2.24) is 5.32 Å². The second kappa shape index (κ2) is 2.38. The summed E-state index contributed by atoms with van der Waals surface area (Å²) < 4.78 is 24.3. The molecule has 0 aromatic heterocycles. The Kier molecular flexibility index (Phi) is 1.61. The Hall–Kier alpha value is -0.220. The number of hydrogen-bond acceptors (Lipinski definition) is 2. The van der Waals surface area contributed by atoms with Gasteiger partial charge in [-0.1, -0.05) is 0 Å². The van der Waals surface area contributed by atoms with E-state index in [1.807, 2.05) is 0 Å². The maximum atomic E-state index is 12.1. The van der Waals surface area contributed by atoms with E-state index in [2.05, 4.69) is 5.32 Å². The first-order valence-electron chi connectivity index (χ1n) is 3.88. The van der Waals surface area contributed by atoms with Crippen molar-refractivity contribution in [2.75, 3.05) is 13.2 Å². The van der Waals surface area contributed by atoms with Gasteiger partial charge >= 0.3 is 0 Å². The van der Waals surface area contributed by atoms with Gasteiger partial charge < -0.3 is 10.4 Å². The molecule has 1 aliphatic carbocycles. The Morgan fingerprint density at radius 3 is 2.73 bits per heavy atom. The predicted octanol–water partition coefficient (Wildman–Crippen LogP) is 0.0778. The molecule has 0 radical (unpaired) electrons. The topological polar surface area (TPSA) is 32.3 Å². The summed E-state index contributed by atoms with van der Waals surface area (Å²) in [6, 6.07) is -0.0704. The van der Waals surface area contributed by atoms with Crippen LogP contribution in [-0.2, 0) is 0 Å². The number of fused-ring (bicyclic) bond motifs is 1. The van der Waals surface area contributed by atoms with Crippen LogP contribution in [0, 0.1) is 17.8 Å². The molecule has 4 heteroatoms. The fraction of sp³-hybridized carbons (Fsp3) is 1.00. The van der Waals surface area contributed by atoms with Crippen molar-refractivity contribution >= 4 is 0 Å². The van der Waals surface area contributed by atoms with Crippen LogP contribution in [0.3, 0.4) is 0 Å². The van der Waals surface area contributed by atoms with Crippen molar-refractivity contribution < 1.29 is 13.9 Å². The summed E-state index contributed by atoms with van der Waals surface area (Å²) >= 11 is 0. The molecule has 0 aromatic rings. The maximum Gasteiger partial charge on any atom is 0.242 e. The van der Waals surface area contributed by atoms with E-state index in [1.54, 1.807) is 0 Å². The molecular weight excluding hydrogens is 152 g/mol. The SMILES string of the molecule is OC[C@H]1NC[C@@H]2[C@H](C(F)F)[C@@H]21. The van der Waals surface area contributed by atoms with Gasteiger partial charge in [-0.25, -0.2) is 8.78 Å². The van der Waals surface area contributed by atoms with Gasteiger partial charge in [-0.3, -0.25) is 0 Å². The molecule has 64 valence electrons. The highest BCUT2D eigenvalue weighted by molar-refractivity contribution is 5.10. The lowest BCUT2D eigenvalue weighted by atomic mass is 10.2. The van der Waals surface area contributed by atoms with E-state index in [9.17, 15) is 8.78 Å². The van der Waals surface area contributed by atoms with Crippen LogP contribution in [0.1, 0.15) is 0 Å². The van der Waals surface area contributed by atoms with Crippen LogP contribution in [0.15, 0.2) is 0 Å². The van der Waals surface area contributed by atoms with Crippen molar-refractivity contribution in [3.63, 3.8) is 0 Å². The second-order valence-corrected chi connectivity index (χ2v) is 3.35. The first-order chi connectivity index (χ1) is 5.25. The number of hydrogen-bond donors (Lipinski definition) is 2. The van der Waals surface area contributed by atoms with E-state index in [1.165, 1.54) is 0 Å². The minimum Gasteiger partial charge on any atom is -0.395 e. The molecule has 2 aliphatic rings. The monoisotopic (exact) mass is 163 g/mol. The number of aliphatic hydroxyl groups is 1. The third kappa shape index (κ3) is 0.964. The summed E-state index contributed by atoms with van der Waals surface area (Å²) in [4.78, 5) is 0. The molecule has 2 fully saturated rings. The second-order valence-electron chi connectivity index (χ2n) is 3.35. The molecule has 2 rings (SSSR count). The van der Waals surface area contributed by atoms with Crippen LogP contribution in [0.4, 0.5) is 8.78 Å². The first-order valence-corrected chi connectivity index (χ1v) is 3.88. The molecule has 2 N–H and O–H groups in total. The Bertz CT molecular complexity index is 165. The molecule has 4 atom stereocenters. The van der Waals surface area contributed by atoms with Gasteiger partial charge in [-0.2, -0.15) is 0 Å². The molecule has 1 heterocycles. The Morgan fingerprint density at radius 1 is 1.55 bits per heavy atom. The Balaban J connectivity index is 1.95. The molecule has 2 nitrogen and oxygen atoms in total. The lowest BCUT2D eigenvalue weighted by Crippen LogP contribution is -2.32. The molecule has 1 aliphatic heterocycles. The van der Waals surface area contributed by atoms with E-state index in [0.717, 1.165) is 0 Å². The summed E-state index contributed by atoms with van der Waals surface area (Å²) in [6.07, 6.45) is -2.19. The third-order valence-corrected chi connectivity index (χ3v) is 2.86. The molecule has 0 amide bonds. The lowest BCUT2D eigenvalue weighted by Gasteiger charge is -2.11. The van der Waals surface area contributed by atoms with Gasteiger partial charge in [0.25, 0.3) is 0 Å². The summed E-state index contributed by atoms with van der Waals surface area (Å²) in [5, 5.41) is 11.8. The van der Waals surface area contributed by atoms with Crippen LogP contribution in [-0.4, -0.2) is 30.7 Å². The standard InChI is InChI=1S/C7H11F2NO/c8-7(9)6-3-1-10-4(2-11)5(3)6/h3-7,10-11H,1-2H2/t3-,4+,5-,6-/m0/s1. The zero-order valence-electron chi connectivity index (χ0n) is 6.00. The van der Waals surface area contributed by atoms with E-state index in [0.29, 0.717) is 6.54 Å². The fourth-order valence-electron chi connectivity index (χ4n) is 2.23. The highest BCUT2D eigenvalue weighted by Crippen LogP contribution is 2.54. The third-order valence-electron chi connectivity index (χ3n) is 2.86. The Labute approximate surface area is 63.6 Å². The van der Waals surface area contributed by atoms with Gasteiger partial charge in [0.05, 0.1) is 6.61 Å². The molecule has 0 spiro atoms. The average molecular weight is 163 g/mol. The van der Waals surface area contributed by atoms with Crippen LogP contribution >= 0.6 is 0 Å². The number of piperidine rings is 1. The van der Waals surface area contributed by atoms with Gasteiger partial charge in [-0.05, 0) is 18.4 Å². The molecule has 0 aromatic carbocycles. The number of nitrogens with one attached hydrogen (secondary N) is 1. The minimum absolute atomic E-state index is 0.00954. The highest BCUT2D eigenvalue weighted by Gasteiger charge is 2.61. The quantitative estimate of drug-likeness (QED) is 0.604. The molecule has 1 saturated carbocycles. The van der Waals surface area contributed by atoms with Gasteiger partial charge in [0.2, 0.25) is 6.43 Å². The normalized spacial score (nSPS) is 48.0. The van der Waals surface area contributed by atoms with Crippen molar-refractivity contribution in [3.8, 4) is 0 Å². The van der Waals surface area contributed by atoms with E-state index in [4.69, 9.17) is 5.11 Å². The molecule has 1 saturated heterocycles. The maximum absolute atomic E-state index is 12.1. The number of halogens is 2. The van der Waals surface area contributed by atoms with E-state index >= 15 is 0 Å². The lowest BCUT2D eigenvalue weighted by molar-refractivity contribution is 0.0992. The number of aliphatic hydroxyl groups excluding tert-OH is 1. The van der Waals surface area contributed by atoms with Crippen molar-refractivity contribution in [2.45, 2.75) is 12.5 Å². The van der Waals surface area contributed by atoms with E-state index in [-0.39, 0.29) is 24.5 Å². The fourth-order valence-corrected chi connectivity index (χ4v) is 2.23. The van der Waals surface area contributed by atoms with E-state index < -0.39 is 12.3 Å². The van der Waals surface area contributed by atoms with Crippen molar-refractivity contribution in [1.29, 1.82) is 0 Å². The van der Waals surface area contributed by atoms with Gasteiger partial charge in [0, 0.05) is 12.0 Å². The first kappa shape index (κ1) is 7.43. The minimum atomic E-state index is -2.19. The van der Waals surface area contributed by atoms with Gasteiger partial charge in [0.1, 0.15) is 0 Å². The van der Waals surface area contributed by atoms with Crippen LogP contribution in [0.25, 0.3) is 0 Å². The average Bonchev–Trinajstić information content (AvgIpc) is 2.55. The molecule has 0 bridgehead atoms. The summed E-state index contributed by atoms with van der Waals surface area (Å²) in [7, 11) is 0. The molecule has 11 heavy (non-hydrogen) atoms. The number of alkyl halides is 2. The highest BCUT2D eigenvalue weighted by atomic mass is 19.3. The van der Waals surface area contributed by atoms with Gasteiger partial charge in [0.15, 0.2) is 0 Å². The number of rotatable bonds is 2. The van der Waals surface area contributed by atoms with Crippen LogP contribution < -0.4 is 5.32 Å². The van der Waals surface area contributed by atoms with Gasteiger partial charge in [-0.15, -0.1) is 0 Å². The Morgan fingerprint density at radius 2 is 2.27 bits per heavy atom. The zero-order valence-corrected chi connectivity index (χ0v) is 6.00. The molecule has 0 unspecified atom stereocenters. The van der Waals surface area contributed by atoms with Crippen LogP contribution in [0.2, 0.25) is 0 Å². The summed E-state index contributed by atoms with van der Waals surface area (Å²) in [5.74, 6) is -0.263. The molecular formula is C7H11F2NO. The largest absolute Gasteiger partial charge is 0.395 e.